The molecule has 0 amide bonds. The van der Waals surface area contributed by atoms with Crippen molar-refractivity contribution in [3.63, 3.8) is 0 Å². The van der Waals surface area contributed by atoms with Crippen LogP contribution < -0.4 is 11.5 Å². The van der Waals surface area contributed by atoms with Crippen molar-refractivity contribution < 1.29 is 9.90 Å². The van der Waals surface area contributed by atoms with Crippen LogP contribution in [0.1, 0.15) is 11.6 Å². The molecule has 82 valence electrons. The summed E-state index contributed by atoms with van der Waals surface area (Å²) in [6.07, 6.45) is 1.58. The molecule has 2 rings (SSSR count). The molecule has 5 N–H and O–H groups in total. The van der Waals surface area contributed by atoms with Gasteiger partial charge in [0.15, 0.2) is 0 Å². The largest absolute Gasteiger partial charge is 0.480 e. The minimum atomic E-state index is -1.05. The Balaban J connectivity index is 2.57. The standard InChI is InChI=1S/C11H11N3O2/c12-9(11(15)16)7-1-2-8-6(5-7)3-4-14-10(8)13/h1-5,9H,12H2,(H2,13,14)(H,15,16). The van der Waals surface area contributed by atoms with Crippen molar-refractivity contribution >= 4 is 22.6 Å². The number of nitrogens with two attached hydrogens (primary N) is 2. The van der Waals surface area contributed by atoms with Gasteiger partial charge in [-0.3, -0.25) is 4.79 Å². The van der Waals surface area contributed by atoms with E-state index in [1.54, 1.807) is 30.5 Å². The molecule has 1 aromatic heterocycles. The summed E-state index contributed by atoms with van der Waals surface area (Å²) in [6.45, 7) is 0. The van der Waals surface area contributed by atoms with Gasteiger partial charge in [0.05, 0.1) is 0 Å². The summed E-state index contributed by atoms with van der Waals surface area (Å²) in [5, 5.41) is 10.4. The highest BCUT2D eigenvalue weighted by Gasteiger charge is 2.14. The minimum absolute atomic E-state index is 0.424. The number of carboxylic acid groups (broad SMARTS) is 1. The summed E-state index contributed by atoms with van der Waals surface area (Å²) in [5.41, 5.74) is 11.8. The van der Waals surface area contributed by atoms with Crippen molar-refractivity contribution in [3.05, 3.63) is 36.0 Å². The van der Waals surface area contributed by atoms with E-state index < -0.39 is 12.0 Å². The lowest BCUT2D eigenvalue weighted by Gasteiger charge is -2.08. The van der Waals surface area contributed by atoms with Gasteiger partial charge >= 0.3 is 5.97 Å². The molecule has 16 heavy (non-hydrogen) atoms. The maximum atomic E-state index is 10.7. The lowest BCUT2D eigenvalue weighted by atomic mass is 10.0. The van der Waals surface area contributed by atoms with Gasteiger partial charge in [-0.15, -0.1) is 0 Å². The Morgan fingerprint density at radius 1 is 1.38 bits per heavy atom. The van der Waals surface area contributed by atoms with Crippen LogP contribution in [0.25, 0.3) is 10.8 Å². The molecule has 1 heterocycles. The Kier molecular flexibility index (Phi) is 2.46. The van der Waals surface area contributed by atoms with Gasteiger partial charge in [-0.05, 0) is 23.1 Å². The number of anilines is 1. The Bertz CT molecular complexity index is 554. The highest BCUT2D eigenvalue weighted by molar-refractivity contribution is 5.92. The molecular weight excluding hydrogens is 206 g/mol. The number of carbonyl (C=O) groups is 1. The summed E-state index contributed by atoms with van der Waals surface area (Å²) in [5.74, 6) is -0.630. The number of carboxylic acids is 1. The van der Waals surface area contributed by atoms with E-state index in [1.165, 1.54) is 0 Å². The average molecular weight is 217 g/mol. The second kappa shape index (κ2) is 3.79. The molecule has 1 atom stereocenters. The van der Waals surface area contributed by atoms with Crippen molar-refractivity contribution in [3.8, 4) is 0 Å². The van der Waals surface area contributed by atoms with Crippen LogP contribution >= 0.6 is 0 Å². The van der Waals surface area contributed by atoms with Crippen molar-refractivity contribution in [2.75, 3.05) is 5.73 Å². The number of aliphatic carboxylic acids is 1. The first-order valence-corrected chi connectivity index (χ1v) is 4.72. The predicted molar refractivity (Wildman–Crippen MR) is 60.7 cm³/mol. The van der Waals surface area contributed by atoms with Gasteiger partial charge in [-0.1, -0.05) is 12.1 Å². The third kappa shape index (κ3) is 1.68. The zero-order valence-corrected chi connectivity index (χ0v) is 8.42. The summed E-state index contributed by atoms with van der Waals surface area (Å²) >= 11 is 0. The molecule has 0 aliphatic heterocycles. The van der Waals surface area contributed by atoms with Crippen LogP contribution in [0.3, 0.4) is 0 Å². The number of rotatable bonds is 2. The molecule has 0 fully saturated rings. The predicted octanol–water partition coefficient (Wildman–Crippen LogP) is 0.901. The average Bonchev–Trinajstić information content (AvgIpc) is 2.28. The molecule has 1 aromatic carbocycles. The van der Waals surface area contributed by atoms with E-state index in [0.29, 0.717) is 11.4 Å². The highest BCUT2D eigenvalue weighted by Crippen LogP contribution is 2.22. The molecular formula is C11H11N3O2. The number of fused-ring (bicyclic) bond motifs is 1. The first-order valence-electron chi connectivity index (χ1n) is 4.72. The molecule has 0 aliphatic rings. The van der Waals surface area contributed by atoms with Crippen LogP contribution in [0.4, 0.5) is 5.82 Å². The Hall–Kier alpha value is -2.14. The number of nitrogen functional groups attached to an aromatic ring is 1. The number of aromatic nitrogens is 1. The topological polar surface area (TPSA) is 102 Å². The van der Waals surface area contributed by atoms with Crippen LogP contribution in [0.5, 0.6) is 0 Å². The molecule has 5 heteroatoms. The lowest BCUT2D eigenvalue weighted by molar-refractivity contribution is -0.138. The normalized spacial score (nSPS) is 12.6. The molecule has 0 saturated heterocycles. The quantitative estimate of drug-likeness (QED) is 0.693. The molecule has 2 aromatic rings. The Morgan fingerprint density at radius 2 is 2.12 bits per heavy atom. The Morgan fingerprint density at radius 3 is 2.81 bits per heavy atom. The van der Waals surface area contributed by atoms with Gasteiger partial charge in [-0.2, -0.15) is 0 Å². The number of benzene rings is 1. The Labute approximate surface area is 91.7 Å². The van der Waals surface area contributed by atoms with Gasteiger partial charge in [0, 0.05) is 11.6 Å². The lowest BCUT2D eigenvalue weighted by Crippen LogP contribution is -2.20. The van der Waals surface area contributed by atoms with Gasteiger partial charge < -0.3 is 16.6 Å². The van der Waals surface area contributed by atoms with E-state index in [2.05, 4.69) is 4.98 Å². The molecule has 0 saturated carbocycles. The van der Waals surface area contributed by atoms with E-state index in [-0.39, 0.29) is 0 Å². The van der Waals surface area contributed by atoms with Crippen LogP contribution in [0.2, 0.25) is 0 Å². The first kappa shape index (κ1) is 10.4. The zero-order chi connectivity index (χ0) is 11.7. The molecule has 5 nitrogen and oxygen atoms in total. The van der Waals surface area contributed by atoms with Crippen molar-refractivity contribution in [2.24, 2.45) is 5.73 Å². The number of hydrogen-bond acceptors (Lipinski definition) is 4. The van der Waals surface area contributed by atoms with Crippen LogP contribution in [0.15, 0.2) is 30.5 Å². The molecule has 0 bridgehead atoms. The van der Waals surface area contributed by atoms with Gasteiger partial charge in [0.1, 0.15) is 11.9 Å². The molecule has 0 spiro atoms. The molecule has 1 unspecified atom stereocenters. The van der Waals surface area contributed by atoms with Crippen LogP contribution in [0, 0.1) is 0 Å². The fourth-order valence-electron chi connectivity index (χ4n) is 1.56. The number of hydrogen-bond donors (Lipinski definition) is 3. The summed E-state index contributed by atoms with van der Waals surface area (Å²) in [4.78, 5) is 14.7. The summed E-state index contributed by atoms with van der Waals surface area (Å²) < 4.78 is 0. The third-order valence-electron chi connectivity index (χ3n) is 2.44. The van der Waals surface area contributed by atoms with E-state index in [0.717, 1.165) is 10.8 Å². The summed E-state index contributed by atoms with van der Waals surface area (Å²) in [7, 11) is 0. The monoisotopic (exact) mass is 217 g/mol. The van der Waals surface area contributed by atoms with E-state index in [4.69, 9.17) is 16.6 Å². The fraction of sp³-hybridized carbons (Fsp3) is 0.0909. The van der Waals surface area contributed by atoms with Crippen molar-refractivity contribution in [1.29, 1.82) is 0 Å². The molecule has 0 aliphatic carbocycles. The second-order valence-electron chi connectivity index (χ2n) is 3.49. The second-order valence-corrected chi connectivity index (χ2v) is 3.49. The SMILES string of the molecule is Nc1nccc2cc(C(N)C(=O)O)ccc12. The van der Waals surface area contributed by atoms with Crippen LogP contribution in [-0.4, -0.2) is 16.1 Å². The summed E-state index contributed by atoms with van der Waals surface area (Å²) in [6, 6.07) is 5.85. The third-order valence-corrected chi connectivity index (χ3v) is 2.44. The van der Waals surface area contributed by atoms with E-state index in [9.17, 15) is 4.79 Å². The van der Waals surface area contributed by atoms with Gasteiger partial charge in [0.2, 0.25) is 0 Å². The van der Waals surface area contributed by atoms with Crippen LogP contribution in [-0.2, 0) is 4.79 Å². The van der Waals surface area contributed by atoms with Crippen molar-refractivity contribution in [1.82, 2.24) is 4.98 Å². The van der Waals surface area contributed by atoms with Crippen molar-refractivity contribution in [2.45, 2.75) is 6.04 Å². The van der Waals surface area contributed by atoms with Gasteiger partial charge in [-0.25, -0.2) is 4.98 Å². The van der Waals surface area contributed by atoms with E-state index >= 15 is 0 Å². The maximum absolute atomic E-state index is 10.7. The van der Waals surface area contributed by atoms with E-state index in [1.807, 2.05) is 0 Å². The smallest absolute Gasteiger partial charge is 0.325 e. The molecule has 0 radical (unpaired) electrons. The number of nitrogens with zero attached hydrogens (tertiary/aromatic N) is 1. The first-order chi connectivity index (χ1) is 7.59. The zero-order valence-electron chi connectivity index (χ0n) is 8.42. The highest BCUT2D eigenvalue weighted by atomic mass is 16.4. The maximum Gasteiger partial charge on any atom is 0.325 e. The fourth-order valence-corrected chi connectivity index (χ4v) is 1.56. The number of pyridine rings is 1. The minimum Gasteiger partial charge on any atom is -0.480 e. The van der Waals surface area contributed by atoms with Gasteiger partial charge in [0.25, 0.3) is 0 Å².